The highest BCUT2D eigenvalue weighted by Gasteiger charge is 2.51. The Morgan fingerprint density at radius 1 is 1.36 bits per heavy atom. The van der Waals surface area contributed by atoms with Crippen molar-refractivity contribution in [1.82, 2.24) is 16.0 Å². The molecule has 1 spiro atoms. The van der Waals surface area contributed by atoms with Crippen molar-refractivity contribution in [2.24, 2.45) is 0 Å². The molecule has 2 rings (SSSR count). The number of amides is 1. The molecule has 3 N–H and O–H groups in total. The first-order valence-electron chi connectivity index (χ1n) is 3.87. The molecule has 0 aromatic heterocycles. The third kappa shape index (κ3) is 0.862. The Morgan fingerprint density at radius 2 is 2.00 bits per heavy atom. The lowest BCUT2D eigenvalue weighted by Gasteiger charge is -2.39. The van der Waals surface area contributed by atoms with Gasteiger partial charge in [-0.1, -0.05) is 0 Å². The van der Waals surface area contributed by atoms with Crippen LogP contribution >= 0.6 is 0 Å². The van der Waals surface area contributed by atoms with Gasteiger partial charge in [-0.3, -0.25) is 10.1 Å². The molecule has 0 unspecified atom stereocenters. The number of hydrogen-bond donors (Lipinski definition) is 3. The zero-order valence-corrected chi connectivity index (χ0v) is 6.82. The zero-order valence-electron chi connectivity index (χ0n) is 6.82. The SMILES string of the molecule is CC1(C)NC2(CNC2)NC1=O. The van der Waals surface area contributed by atoms with Crippen molar-refractivity contribution in [3.8, 4) is 0 Å². The van der Waals surface area contributed by atoms with E-state index in [1.54, 1.807) is 0 Å². The minimum absolute atomic E-state index is 0.0963. The molecule has 0 aromatic rings. The van der Waals surface area contributed by atoms with E-state index in [0.29, 0.717) is 0 Å². The van der Waals surface area contributed by atoms with Crippen molar-refractivity contribution in [1.29, 1.82) is 0 Å². The summed E-state index contributed by atoms with van der Waals surface area (Å²) in [6.07, 6.45) is 0. The predicted octanol–water partition coefficient (Wildman–Crippen LogP) is -1.22. The van der Waals surface area contributed by atoms with Crippen LogP contribution in [0.4, 0.5) is 0 Å². The van der Waals surface area contributed by atoms with Gasteiger partial charge in [0.15, 0.2) is 0 Å². The Morgan fingerprint density at radius 3 is 2.18 bits per heavy atom. The van der Waals surface area contributed by atoms with Crippen LogP contribution in [0.1, 0.15) is 13.8 Å². The third-order valence-electron chi connectivity index (χ3n) is 2.33. The van der Waals surface area contributed by atoms with E-state index < -0.39 is 5.54 Å². The van der Waals surface area contributed by atoms with E-state index in [-0.39, 0.29) is 11.6 Å². The molecule has 2 aliphatic rings. The second-order valence-electron chi connectivity index (χ2n) is 3.89. The Labute approximate surface area is 65.7 Å². The van der Waals surface area contributed by atoms with Gasteiger partial charge < -0.3 is 10.6 Å². The van der Waals surface area contributed by atoms with Crippen LogP contribution in [-0.4, -0.2) is 30.2 Å². The fourth-order valence-electron chi connectivity index (χ4n) is 1.61. The molecular formula is C7H13N3O. The first-order chi connectivity index (χ1) is 5.04. The summed E-state index contributed by atoms with van der Waals surface area (Å²) in [5.74, 6) is 0.0963. The molecule has 2 heterocycles. The maximum atomic E-state index is 11.3. The highest BCUT2D eigenvalue weighted by atomic mass is 16.2. The molecule has 0 aromatic carbocycles. The lowest BCUT2D eigenvalue weighted by atomic mass is 10.0. The van der Waals surface area contributed by atoms with Crippen LogP contribution in [0, 0.1) is 0 Å². The van der Waals surface area contributed by atoms with Gasteiger partial charge in [-0.2, -0.15) is 0 Å². The lowest BCUT2D eigenvalue weighted by Crippen LogP contribution is -2.72. The number of carbonyl (C=O) groups excluding carboxylic acids is 1. The van der Waals surface area contributed by atoms with Crippen molar-refractivity contribution in [2.45, 2.75) is 25.0 Å². The summed E-state index contributed by atoms with van der Waals surface area (Å²) < 4.78 is 0. The highest BCUT2D eigenvalue weighted by molar-refractivity contribution is 5.88. The number of carbonyl (C=O) groups is 1. The molecule has 2 fully saturated rings. The van der Waals surface area contributed by atoms with Gasteiger partial charge in [0, 0.05) is 13.1 Å². The standard InChI is InChI=1S/C7H13N3O/c1-6(2)5(11)9-7(10-6)3-8-4-7/h8,10H,3-4H2,1-2H3,(H,9,11). The summed E-state index contributed by atoms with van der Waals surface area (Å²) in [6, 6.07) is 0. The molecule has 0 atom stereocenters. The van der Waals surface area contributed by atoms with Crippen LogP contribution in [0.5, 0.6) is 0 Å². The minimum atomic E-state index is -0.401. The molecule has 2 aliphatic heterocycles. The van der Waals surface area contributed by atoms with Gasteiger partial charge in [0.2, 0.25) is 5.91 Å². The molecule has 0 saturated carbocycles. The predicted molar refractivity (Wildman–Crippen MR) is 41.0 cm³/mol. The van der Waals surface area contributed by atoms with E-state index in [1.165, 1.54) is 0 Å². The quantitative estimate of drug-likeness (QED) is 0.411. The molecule has 4 nitrogen and oxygen atoms in total. The van der Waals surface area contributed by atoms with Crippen molar-refractivity contribution < 1.29 is 4.79 Å². The van der Waals surface area contributed by atoms with Crippen LogP contribution in [-0.2, 0) is 4.79 Å². The summed E-state index contributed by atoms with van der Waals surface area (Å²) in [7, 11) is 0. The second kappa shape index (κ2) is 1.76. The molecule has 0 aliphatic carbocycles. The third-order valence-corrected chi connectivity index (χ3v) is 2.33. The van der Waals surface area contributed by atoms with Crippen molar-refractivity contribution in [3.05, 3.63) is 0 Å². The summed E-state index contributed by atoms with van der Waals surface area (Å²) in [5, 5.41) is 9.34. The maximum Gasteiger partial charge on any atom is 0.241 e. The average Bonchev–Trinajstić information content (AvgIpc) is 2.03. The second-order valence-corrected chi connectivity index (χ2v) is 3.89. The zero-order chi connectivity index (χ0) is 8.11. The average molecular weight is 155 g/mol. The minimum Gasteiger partial charge on any atom is -0.334 e. The number of rotatable bonds is 0. The van der Waals surface area contributed by atoms with Gasteiger partial charge in [-0.15, -0.1) is 0 Å². The largest absolute Gasteiger partial charge is 0.334 e. The molecular weight excluding hydrogens is 142 g/mol. The Kier molecular flexibility index (Phi) is 1.13. The van der Waals surface area contributed by atoms with Gasteiger partial charge in [0.05, 0.1) is 5.54 Å². The fourth-order valence-corrected chi connectivity index (χ4v) is 1.61. The van der Waals surface area contributed by atoms with Crippen molar-refractivity contribution >= 4 is 5.91 Å². The van der Waals surface area contributed by atoms with Crippen LogP contribution in [0.2, 0.25) is 0 Å². The molecule has 11 heavy (non-hydrogen) atoms. The summed E-state index contributed by atoms with van der Waals surface area (Å²) in [6.45, 7) is 5.47. The van der Waals surface area contributed by atoms with E-state index >= 15 is 0 Å². The Bertz CT molecular complexity index is 208. The van der Waals surface area contributed by atoms with Crippen LogP contribution in [0.15, 0.2) is 0 Å². The molecule has 2 saturated heterocycles. The molecule has 62 valence electrons. The molecule has 0 radical (unpaired) electrons. The highest BCUT2D eigenvalue weighted by Crippen LogP contribution is 2.20. The maximum absolute atomic E-state index is 11.3. The Hall–Kier alpha value is -0.610. The van der Waals surface area contributed by atoms with Crippen molar-refractivity contribution in [2.75, 3.05) is 13.1 Å². The van der Waals surface area contributed by atoms with Gasteiger partial charge in [-0.25, -0.2) is 0 Å². The van der Waals surface area contributed by atoms with E-state index in [1.807, 2.05) is 13.8 Å². The number of hydrogen-bond acceptors (Lipinski definition) is 3. The summed E-state index contributed by atoms with van der Waals surface area (Å²) >= 11 is 0. The summed E-state index contributed by atoms with van der Waals surface area (Å²) in [4.78, 5) is 11.3. The first kappa shape index (κ1) is 7.06. The fraction of sp³-hybridized carbons (Fsp3) is 0.857. The van der Waals surface area contributed by atoms with Gasteiger partial charge in [-0.05, 0) is 13.8 Å². The van der Waals surface area contributed by atoms with Gasteiger partial charge >= 0.3 is 0 Å². The topological polar surface area (TPSA) is 53.2 Å². The van der Waals surface area contributed by atoms with E-state index in [2.05, 4.69) is 16.0 Å². The first-order valence-corrected chi connectivity index (χ1v) is 3.87. The van der Waals surface area contributed by atoms with E-state index in [0.717, 1.165) is 13.1 Å². The van der Waals surface area contributed by atoms with Crippen molar-refractivity contribution in [3.63, 3.8) is 0 Å². The summed E-state index contributed by atoms with van der Waals surface area (Å²) in [5.41, 5.74) is -0.539. The van der Waals surface area contributed by atoms with Crippen LogP contribution in [0.3, 0.4) is 0 Å². The molecule has 4 heteroatoms. The molecule has 1 amide bonds. The van der Waals surface area contributed by atoms with Gasteiger partial charge in [0.25, 0.3) is 0 Å². The smallest absolute Gasteiger partial charge is 0.241 e. The van der Waals surface area contributed by atoms with Crippen LogP contribution in [0.25, 0.3) is 0 Å². The monoisotopic (exact) mass is 155 g/mol. The van der Waals surface area contributed by atoms with E-state index in [4.69, 9.17) is 0 Å². The normalized spacial score (nSPS) is 31.6. The Balaban J connectivity index is 2.18. The van der Waals surface area contributed by atoms with Gasteiger partial charge in [0.1, 0.15) is 5.66 Å². The van der Waals surface area contributed by atoms with Crippen LogP contribution < -0.4 is 16.0 Å². The molecule has 0 bridgehead atoms. The lowest BCUT2D eigenvalue weighted by molar-refractivity contribution is -0.123. The van der Waals surface area contributed by atoms with E-state index in [9.17, 15) is 4.79 Å². The number of nitrogens with one attached hydrogen (secondary N) is 3.